The van der Waals surface area contributed by atoms with Crippen LogP contribution in [0.1, 0.15) is 41.5 Å². The Kier molecular flexibility index (Phi) is 11.1. The Morgan fingerprint density at radius 2 is 0.840 bits per heavy atom. The number of aromatic nitrogens is 2. The van der Waals surface area contributed by atoms with Crippen LogP contribution < -0.4 is 0 Å². The number of fused-ring (bicyclic) bond motifs is 6. The molecule has 6 aromatic carbocycles. The van der Waals surface area contributed by atoms with Crippen LogP contribution in [-0.4, -0.2) is 9.97 Å². The highest BCUT2D eigenvalue weighted by molar-refractivity contribution is 7.26. The van der Waals surface area contributed by atoms with E-state index >= 15 is 0 Å². The first-order chi connectivity index (χ1) is 24.8. The average molecular weight is 687 g/mol. The largest absolute Gasteiger partial charge is 0.237 e. The second kappa shape index (κ2) is 16.0. The first-order valence-corrected chi connectivity index (χ1v) is 19.3. The van der Waals surface area contributed by atoms with Crippen molar-refractivity contribution in [2.45, 2.75) is 41.5 Å². The van der Waals surface area contributed by atoms with Gasteiger partial charge in [-0.3, -0.25) is 0 Å². The summed E-state index contributed by atoms with van der Waals surface area (Å²) in [5.41, 5.74) is 7.86. The number of thiophene rings is 2. The molecule has 9 aromatic rings. The van der Waals surface area contributed by atoms with E-state index in [1.54, 1.807) is 0 Å². The van der Waals surface area contributed by atoms with Crippen LogP contribution in [0, 0.1) is 0 Å². The third-order valence-corrected chi connectivity index (χ3v) is 10.8. The quantitative estimate of drug-likeness (QED) is 0.184. The lowest BCUT2D eigenvalue weighted by molar-refractivity contribution is 1.18. The van der Waals surface area contributed by atoms with E-state index in [0.29, 0.717) is 0 Å². The second-order valence-corrected chi connectivity index (χ2v) is 13.1. The zero-order valence-corrected chi connectivity index (χ0v) is 31.2. The minimum absolute atomic E-state index is 0.727. The minimum atomic E-state index is 0.727. The molecule has 2 nitrogen and oxygen atoms in total. The maximum Gasteiger partial charge on any atom is 0.159 e. The van der Waals surface area contributed by atoms with Gasteiger partial charge >= 0.3 is 0 Å². The van der Waals surface area contributed by atoms with E-state index in [1.807, 2.05) is 76.5 Å². The van der Waals surface area contributed by atoms with Crippen LogP contribution in [0.4, 0.5) is 0 Å². The van der Waals surface area contributed by atoms with E-state index in [1.165, 1.54) is 62.6 Å². The number of hydrogen-bond acceptors (Lipinski definition) is 4. The van der Waals surface area contributed by atoms with Crippen LogP contribution in [0.25, 0.3) is 85.2 Å². The van der Waals surface area contributed by atoms with Crippen LogP contribution >= 0.6 is 22.7 Å². The SMILES string of the molecule is CC.CC.CC.c1cc(-c2ccnc(-c3cccc(-c4cccc5c4sc4ccccc45)c3)n2)cc(-c2cccc3c2sc2ccccc23)c1. The highest BCUT2D eigenvalue weighted by Crippen LogP contribution is 2.42. The molecule has 0 atom stereocenters. The summed E-state index contributed by atoms with van der Waals surface area (Å²) in [6, 6.07) is 49.9. The Hall–Kier alpha value is -5.16. The van der Waals surface area contributed by atoms with Crippen molar-refractivity contribution < 1.29 is 0 Å². The normalized spacial score (nSPS) is 10.6. The second-order valence-electron chi connectivity index (χ2n) is 11.0. The molecule has 0 aliphatic heterocycles. The monoisotopic (exact) mass is 686 g/mol. The molecular formula is C46H42N2S2. The number of rotatable bonds is 4. The lowest BCUT2D eigenvalue weighted by Crippen LogP contribution is -1.92. The molecule has 0 saturated carbocycles. The van der Waals surface area contributed by atoms with Crippen LogP contribution in [-0.2, 0) is 0 Å². The van der Waals surface area contributed by atoms with E-state index in [4.69, 9.17) is 9.97 Å². The molecule has 0 aliphatic rings. The van der Waals surface area contributed by atoms with Gasteiger partial charge in [0.1, 0.15) is 0 Å². The van der Waals surface area contributed by atoms with E-state index in [0.717, 1.165) is 22.6 Å². The molecule has 0 amide bonds. The summed E-state index contributed by atoms with van der Waals surface area (Å²) in [6.45, 7) is 12.0. The van der Waals surface area contributed by atoms with Gasteiger partial charge in [0.15, 0.2) is 5.82 Å². The molecule has 0 spiro atoms. The molecule has 0 unspecified atom stereocenters. The predicted octanol–water partition coefficient (Wildman–Crippen LogP) is 15.0. The molecular weight excluding hydrogens is 645 g/mol. The van der Waals surface area contributed by atoms with Gasteiger partial charge in [0, 0.05) is 57.7 Å². The zero-order chi connectivity index (χ0) is 35.0. The first-order valence-electron chi connectivity index (χ1n) is 17.7. The molecule has 3 aromatic heterocycles. The summed E-state index contributed by atoms with van der Waals surface area (Å²) in [5, 5.41) is 5.24. The van der Waals surface area contributed by atoms with Crippen molar-refractivity contribution in [1.82, 2.24) is 9.97 Å². The maximum absolute atomic E-state index is 5.07. The van der Waals surface area contributed by atoms with Crippen LogP contribution in [0.3, 0.4) is 0 Å². The number of hydrogen-bond donors (Lipinski definition) is 0. The Morgan fingerprint density at radius 3 is 1.40 bits per heavy atom. The predicted molar refractivity (Wildman–Crippen MR) is 224 cm³/mol. The first kappa shape index (κ1) is 34.7. The summed E-state index contributed by atoms with van der Waals surface area (Å²) in [7, 11) is 0. The Labute approximate surface area is 303 Å². The van der Waals surface area contributed by atoms with Gasteiger partial charge in [-0.05, 0) is 52.6 Å². The Balaban J connectivity index is 0.000000686. The maximum atomic E-state index is 5.07. The molecule has 50 heavy (non-hydrogen) atoms. The molecule has 0 aliphatic carbocycles. The summed E-state index contributed by atoms with van der Waals surface area (Å²) in [6.07, 6.45) is 1.87. The minimum Gasteiger partial charge on any atom is -0.237 e. The van der Waals surface area contributed by atoms with Gasteiger partial charge in [-0.2, -0.15) is 0 Å². The highest BCUT2D eigenvalue weighted by Gasteiger charge is 2.14. The van der Waals surface area contributed by atoms with Crippen molar-refractivity contribution in [3.05, 3.63) is 146 Å². The molecule has 248 valence electrons. The molecule has 0 bridgehead atoms. The van der Waals surface area contributed by atoms with Crippen LogP contribution in [0.2, 0.25) is 0 Å². The number of nitrogens with zero attached hydrogens (tertiary/aromatic N) is 2. The summed E-state index contributed by atoms with van der Waals surface area (Å²) < 4.78 is 5.26. The topological polar surface area (TPSA) is 25.8 Å². The van der Waals surface area contributed by atoms with Gasteiger partial charge in [0.2, 0.25) is 0 Å². The molecule has 4 heteroatoms. The van der Waals surface area contributed by atoms with E-state index in [-0.39, 0.29) is 0 Å². The standard InChI is InChI=1S/C40H24N2S2.3C2H6/c1-3-19-36-31(13-1)33-17-7-15-29(38(33)43-36)25-9-5-11-27(23-25)35-21-22-41-40(42-35)28-12-6-10-26(24-28)30-16-8-18-34-32-14-2-4-20-37(32)44-39(30)34;3*1-2/h1-24H;3*1-2H3. The van der Waals surface area contributed by atoms with E-state index in [2.05, 4.69) is 133 Å². The third-order valence-electron chi connectivity index (χ3n) is 8.37. The average Bonchev–Trinajstić information content (AvgIpc) is 3.79. The van der Waals surface area contributed by atoms with Gasteiger partial charge < -0.3 is 0 Å². The van der Waals surface area contributed by atoms with Gasteiger partial charge in [0.25, 0.3) is 0 Å². The van der Waals surface area contributed by atoms with Crippen LogP contribution in [0.15, 0.2) is 146 Å². The Bertz CT molecular complexity index is 2350. The van der Waals surface area contributed by atoms with Crippen LogP contribution in [0.5, 0.6) is 0 Å². The van der Waals surface area contributed by atoms with Crippen molar-refractivity contribution >= 4 is 63.0 Å². The Morgan fingerprint density at radius 1 is 0.400 bits per heavy atom. The fourth-order valence-corrected chi connectivity index (χ4v) is 8.76. The molecule has 0 fully saturated rings. The van der Waals surface area contributed by atoms with E-state index in [9.17, 15) is 0 Å². The van der Waals surface area contributed by atoms with Crippen molar-refractivity contribution in [3.8, 4) is 44.9 Å². The van der Waals surface area contributed by atoms with Crippen molar-refractivity contribution in [2.24, 2.45) is 0 Å². The van der Waals surface area contributed by atoms with Crippen molar-refractivity contribution in [1.29, 1.82) is 0 Å². The highest BCUT2D eigenvalue weighted by atomic mass is 32.1. The summed E-state index contributed by atoms with van der Waals surface area (Å²) in [4.78, 5) is 9.78. The lowest BCUT2D eigenvalue weighted by atomic mass is 9.99. The lowest BCUT2D eigenvalue weighted by Gasteiger charge is -2.09. The fourth-order valence-electron chi connectivity index (χ4n) is 6.28. The van der Waals surface area contributed by atoms with Gasteiger partial charge in [-0.25, -0.2) is 9.97 Å². The molecule has 9 rings (SSSR count). The summed E-state index contributed by atoms with van der Waals surface area (Å²) >= 11 is 3.72. The molecule has 0 N–H and O–H groups in total. The molecule has 3 heterocycles. The van der Waals surface area contributed by atoms with E-state index < -0.39 is 0 Å². The fraction of sp³-hybridized carbons (Fsp3) is 0.130. The molecule has 0 saturated heterocycles. The third kappa shape index (κ3) is 6.57. The van der Waals surface area contributed by atoms with Gasteiger partial charge in [-0.15, -0.1) is 22.7 Å². The molecule has 0 radical (unpaired) electrons. The summed E-state index contributed by atoms with van der Waals surface area (Å²) in [5.74, 6) is 0.727. The smallest absolute Gasteiger partial charge is 0.159 e. The van der Waals surface area contributed by atoms with Gasteiger partial charge in [-0.1, -0.05) is 151 Å². The zero-order valence-electron chi connectivity index (χ0n) is 29.6. The van der Waals surface area contributed by atoms with Crippen molar-refractivity contribution in [2.75, 3.05) is 0 Å². The van der Waals surface area contributed by atoms with Gasteiger partial charge in [0.05, 0.1) is 5.69 Å². The number of benzene rings is 6. The van der Waals surface area contributed by atoms with Crippen molar-refractivity contribution in [3.63, 3.8) is 0 Å².